The van der Waals surface area contributed by atoms with Crippen LogP contribution in [0.4, 0.5) is 5.69 Å². The van der Waals surface area contributed by atoms with Crippen LogP contribution in [0.3, 0.4) is 0 Å². The van der Waals surface area contributed by atoms with Crippen molar-refractivity contribution in [3.63, 3.8) is 0 Å². The van der Waals surface area contributed by atoms with Gasteiger partial charge in [-0.1, -0.05) is 25.5 Å². The molecule has 33 heavy (non-hydrogen) atoms. The Balaban J connectivity index is 2.10. The highest BCUT2D eigenvalue weighted by Gasteiger charge is 2.54. The van der Waals surface area contributed by atoms with Gasteiger partial charge in [-0.25, -0.2) is 9.59 Å². The third kappa shape index (κ3) is 4.49. The van der Waals surface area contributed by atoms with Crippen molar-refractivity contribution in [2.24, 2.45) is 5.41 Å². The molecule has 1 aliphatic carbocycles. The number of carbonyl (C=O) groups is 2. The molecule has 1 aromatic rings. The molecule has 1 saturated carbocycles. The Morgan fingerprint density at radius 2 is 1.82 bits per heavy atom. The molecule has 1 aromatic carbocycles. The summed E-state index contributed by atoms with van der Waals surface area (Å²) < 4.78 is 10.4. The molecule has 1 heterocycles. The molecular formula is C23H28N2O8. The van der Waals surface area contributed by atoms with Gasteiger partial charge in [0.1, 0.15) is 0 Å². The van der Waals surface area contributed by atoms with Gasteiger partial charge in [0.15, 0.2) is 0 Å². The number of rotatable bonds is 7. The maximum absolute atomic E-state index is 13.3. The summed E-state index contributed by atoms with van der Waals surface area (Å²) in [5.74, 6) is -5.56. The highest BCUT2D eigenvalue weighted by molar-refractivity contribution is 6.00. The molecule has 10 nitrogen and oxygen atoms in total. The summed E-state index contributed by atoms with van der Waals surface area (Å²) >= 11 is 0. The molecule has 1 unspecified atom stereocenters. The van der Waals surface area contributed by atoms with Gasteiger partial charge in [0.25, 0.3) is 5.69 Å². The number of aliphatic hydroxyl groups is 2. The summed E-state index contributed by atoms with van der Waals surface area (Å²) in [5.41, 5.74) is -0.226. The smallest absolute Gasteiger partial charge is 0.341 e. The lowest BCUT2D eigenvalue weighted by Gasteiger charge is -2.46. The van der Waals surface area contributed by atoms with Crippen LogP contribution in [-0.4, -0.2) is 39.7 Å². The molecule has 3 rings (SSSR count). The van der Waals surface area contributed by atoms with Crippen LogP contribution in [0.15, 0.2) is 46.8 Å². The Morgan fingerprint density at radius 1 is 1.21 bits per heavy atom. The van der Waals surface area contributed by atoms with Crippen LogP contribution in [0.1, 0.15) is 58.4 Å². The number of hydrogen-bond donors (Lipinski definition) is 3. The molecule has 1 atom stereocenters. The number of benzene rings is 1. The largest absolute Gasteiger partial charge is 0.463 e. The van der Waals surface area contributed by atoms with Crippen LogP contribution >= 0.6 is 0 Å². The molecule has 0 saturated heterocycles. The van der Waals surface area contributed by atoms with Crippen LogP contribution in [-0.2, 0) is 19.1 Å². The van der Waals surface area contributed by atoms with E-state index in [1.165, 1.54) is 18.2 Å². The fraction of sp³-hybridized carbons (Fsp3) is 0.478. The predicted molar refractivity (Wildman–Crippen MR) is 116 cm³/mol. The van der Waals surface area contributed by atoms with Gasteiger partial charge in [0.05, 0.1) is 34.0 Å². The fourth-order valence-electron chi connectivity index (χ4n) is 4.24. The van der Waals surface area contributed by atoms with E-state index in [4.69, 9.17) is 9.47 Å². The van der Waals surface area contributed by atoms with E-state index in [1.54, 1.807) is 33.8 Å². The van der Waals surface area contributed by atoms with Crippen molar-refractivity contribution in [1.29, 1.82) is 0 Å². The number of carbonyl (C=O) groups excluding carboxylic acids is 2. The maximum atomic E-state index is 13.3. The summed E-state index contributed by atoms with van der Waals surface area (Å²) in [5, 5.41) is 35.4. The van der Waals surface area contributed by atoms with Gasteiger partial charge in [-0.3, -0.25) is 10.1 Å². The van der Waals surface area contributed by atoms with Gasteiger partial charge in [-0.2, -0.15) is 0 Å². The van der Waals surface area contributed by atoms with Crippen molar-refractivity contribution in [2.75, 3.05) is 6.61 Å². The van der Waals surface area contributed by atoms with Gasteiger partial charge >= 0.3 is 17.9 Å². The number of allylic oxidation sites excluding steroid dienone is 2. The Morgan fingerprint density at radius 3 is 2.33 bits per heavy atom. The van der Waals surface area contributed by atoms with Crippen LogP contribution in [0.25, 0.3) is 0 Å². The van der Waals surface area contributed by atoms with Crippen LogP contribution in [0, 0.1) is 15.5 Å². The average molecular weight is 460 g/mol. The van der Waals surface area contributed by atoms with Crippen molar-refractivity contribution in [3.05, 3.63) is 62.5 Å². The predicted octanol–water partition coefficient (Wildman–Crippen LogP) is 2.76. The maximum Gasteiger partial charge on any atom is 0.341 e. The SMILES string of the molecule is CCOC(=O)C1=C(C)NC(C)=C(C(=O)OC(O)(O)C2(C)CCC2)C1c1cccc([N+](=O)[O-])c1. The Bertz CT molecular complexity index is 1050. The number of ether oxygens (including phenoxy) is 2. The van der Waals surface area contributed by atoms with Gasteiger partial charge in [-0.05, 0) is 39.2 Å². The third-order valence-corrected chi connectivity index (χ3v) is 6.37. The van der Waals surface area contributed by atoms with Gasteiger partial charge in [0.2, 0.25) is 0 Å². The average Bonchev–Trinajstić information content (AvgIpc) is 2.70. The topological polar surface area (TPSA) is 148 Å². The molecular weight excluding hydrogens is 432 g/mol. The molecule has 0 aromatic heterocycles. The molecule has 0 amide bonds. The molecule has 0 spiro atoms. The molecule has 0 radical (unpaired) electrons. The summed E-state index contributed by atoms with van der Waals surface area (Å²) in [7, 11) is 0. The van der Waals surface area contributed by atoms with Gasteiger partial charge < -0.3 is 25.0 Å². The van der Waals surface area contributed by atoms with Crippen molar-refractivity contribution < 1.29 is 34.2 Å². The minimum absolute atomic E-state index is 0.0699. The first-order valence-electron chi connectivity index (χ1n) is 10.7. The number of nitrogens with one attached hydrogen (secondary N) is 1. The number of nitro groups is 1. The van der Waals surface area contributed by atoms with E-state index < -0.39 is 34.2 Å². The first kappa shape index (κ1) is 24.4. The minimum Gasteiger partial charge on any atom is -0.463 e. The van der Waals surface area contributed by atoms with E-state index in [9.17, 15) is 29.9 Å². The van der Waals surface area contributed by atoms with Crippen molar-refractivity contribution in [1.82, 2.24) is 5.32 Å². The zero-order chi connectivity index (χ0) is 24.6. The molecule has 1 fully saturated rings. The fourth-order valence-corrected chi connectivity index (χ4v) is 4.24. The summed E-state index contributed by atoms with van der Waals surface area (Å²) in [4.78, 5) is 36.9. The van der Waals surface area contributed by atoms with E-state index in [1.807, 2.05) is 0 Å². The number of hydrogen-bond acceptors (Lipinski definition) is 9. The monoisotopic (exact) mass is 460 g/mol. The van der Waals surface area contributed by atoms with Gasteiger partial charge in [0, 0.05) is 23.5 Å². The molecule has 3 N–H and O–H groups in total. The third-order valence-electron chi connectivity index (χ3n) is 6.37. The van der Waals surface area contributed by atoms with E-state index in [0.29, 0.717) is 24.2 Å². The summed E-state index contributed by atoms with van der Waals surface area (Å²) in [6, 6.07) is 5.56. The number of non-ortho nitro benzene ring substituents is 1. The zero-order valence-corrected chi connectivity index (χ0v) is 19.0. The minimum atomic E-state index is -2.72. The second-order valence-electron chi connectivity index (χ2n) is 8.62. The van der Waals surface area contributed by atoms with Crippen LogP contribution in [0.2, 0.25) is 0 Å². The van der Waals surface area contributed by atoms with Crippen molar-refractivity contribution >= 4 is 17.6 Å². The van der Waals surface area contributed by atoms with E-state index in [0.717, 1.165) is 6.42 Å². The first-order chi connectivity index (χ1) is 15.4. The molecule has 2 aliphatic rings. The second-order valence-corrected chi connectivity index (χ2v) is 8.62. The molecule has 178 valence electrons. The first-order valence-corrected chi connectivity index (χ1v) is 10.7. The van der Waals surface area contributed by atoms with Crippen LogP contribution < -0.4 is 5.32 Å². The Labute approximate surface area is 191 Å². The lowest BCUT2D eigenvalue weighted by Crippen LogP contribution is -2.54. The van der Waals surface area contributed by atoms with E-state index >= 15 is 0 Å². The Hall–Kier alpha value is -3.24. The number of nitro benzene ring substituents is 1. The number of esters is 2. The van der Waals surface area contributed by atoms with E-state index in [-0.39, 0.29) is 29.0 Å². The van der Waals surface area contributed by atoms with E-state index in [2.05, 4.69) is 5.32 Å². The Kier molecular flexibility index (Phi) is 6.62. The molecule has 1 aliphatic heterocycles. The lowest BCUT2D eigenvalue weighted by molar-refractivity contribution is -0.386. The molecule has 10 heteroatoms. The normalized spacial score (nSPS) is 20.0. The van der Waals surface area contributed by atoms with Gasteiger partial charge in [-0.15, -0.1) is 0 Å². The zero-order valence-electron chi connectivity index (χ0n) is 19.0. The highest BCUT2D eigenvalue weighted by Crippen LogP contribution is 2.49. The number of nitrogens with zero attached hydrogens (tertiary/aromatic N) is 1. The number of dihydropyridines is 1. The highest BCUT2D eigenvalue weighted by atomic mass is 16.8. The second kappa shape index (κ2) is 8.95. The molecule has 0 bridgehead atoms. The van der Waals surface area contributed by atoms with Crippen molar-refractivity contribution in [3.8, 4) is 0 Å². The van der Waals surface area contributed by atoms with Crippen LogP contribution in [0.5, 0.6) is 0 Å². The lowest BCUT2D eigenvalue weighted by atomic mass is 9.68. The standard InChI is InChI=1S/C23H28N2O8/c1-5-32-20(26)17-13(2)24-14(3)18(19(17)15-8-6-9-16(12-15)25(30)31)21(27)33-23(28,29)22(4)10-7-11-22/h6,8-9,12,19,24,28-29H,5,7,10-11H2,1-4H3. The quantitative estimate of drug-likeness (QED) is 0.242. The van der Waals surface area contributed by atoms with Crippen molar-refractivity contribution in [2.45, 2.75) is 58.8 Å². The summed E-state index contributed by atoms with van der Waals surface area (Å²) in [6.45, 7) is 6.52. The summed E-state index contributed by atoms with van der Waals surface area (Å²) in [6.07, 6.45) is 1.70.